The van der Waals surface area contributed by atoms with Crippen LogP contribution in [-0.2, 0) is 12.5 Å². The Balaban J connectivity index is 2.26. The number of aliphatic hydroxyl groups is 1. The minimum Gasteiger partial charge on any atom is -0.395 e. The van der Waals surface area contributed by atoms with Crippen LogP contribution >= 0.6 is 0 Å². The molecule has 2 heteroatoms. The summed E-state index contributed by atoms with van der Waals surface area (Å²) in [5, 5.41) is 10.9. The summed E-state index contributed by atoms with van der Waals surface area (Å²) < 4.78 is 2.17. The van der Waals surface area contributed by atoms with Crippen molar-refractivity contribution in [2.45, 2.75) is 24.7 Å². The Labute approximate surface area is 95.5 Å². The average molecular weight is 215 g/mol. The molecule has 1 aromatic carbocycles. The van der Waals surface area contributed by atoms with Crippen LogP contribution in [-0.4, -0.2) is 16.3 Å². The van der Waals surface area contributed by atoms with Crippen LogP contribution < -0.4 is 0 Å². The molecule has 1 aromatic heterocycles. The molecule has 0 unspecified atom stereocenters. The lowest BCUT2D eigenvalue weighted by Gasteiger charge is -2.41. The topological polar surface area (TPSA) is 25.2 Å². The number of benzene rings is 1. The highest BCUT2D eigenvalue weighted by Gasteiger charge is 2.39. The van der Waals surface area contributed by atoms with Crippen molar-refractivity contribution in [3.05, 3.63) is 36.0 Å². The number of aromatic nitrogens is 1. The summed E-state index contributed by atoms with van der Waals surface area (Å²) in [7, 11) is 2.08. The molecule has 1 fully saturated rings. The van der Waals surface area contributed by atoms with E-state index in [2.05, 4.69) is 42.1 Å². The standard InChI is InChI=1S/C14H17NO/c1-15-9-6-11-4-2-5-12(13(11)15)14(10-16)7-3-8-14/h2,4-6,9,16H,3,7-8,10H2,1H3. The highest BCUT2D eigenvalue weighted by atomic mass is 16.3. The van der Waals surface area contributed by atoms with E-state index in [1.807, 2.05) is 0 Å². The first kappa shape index (κ1) is 9.91. The van der Waals surface area contributed by atoms with Gasteiger partial charge in [0, 0.05) is 18.7 Å². The van der Waals surface area contributed by atoms with Crippen LogP contribution in [0.1, 0.15) is 24.8 Å². The third-order valence-electron chi connectivity index (χ3n) is 4.08. The largest absolute Gasteiger partial charge is 0.395 e. The van der Waals surface area contributed by atoms with Gasteiger partial charge in [-0.25, -0.2) is 0 Å². The second kappa shape index (κ2) is 3.36. The van der Waals surface area contributed by atoms with Crippen LogP contribution in [0.2, 0.25) is 0 Å². The number of nitrogens with zero attached hydrogens (tertiary/aromatic N) is 1. The van der Waals surface area contributed by atoms with E-state index in [1.54, 1.807) is 0 Å². The zero-order chi connectivity index (χ0) is 11.2. The molecule has 2 nitrogen and oxygen atoms in total. The normalized spacial score (nSPS) is 18.6. The molecule has 1 aliphatic rings. The van der Waals surface area contributed by atoms with Gasteiger partial charge in [-0.3, -0.25) is 0 Å². The lowest BCUT2D eigenvalue weighted by Crippen LogP contribution is -2.38. The van der Waals surface area contributed by atoms with Crippen LogP contribution in [0.15, 0.2) is 30.5 Å². The smallest absolute Gasteiger partial charge is 0.0528 e. The van der Waals surface area contributed by atoms with E-state index in [4.69, 9.17) is 0 Å². The number of hydrogen-bond donors (Lipinski definition) is 1. The first-order valence-corrected chi connectivity index (χ1v) is 5.92. The Hall–Kier alpha value is -1.28. The number of fused-ring (bicyclic) bond motifs is 1. The second-order valence-electron chi connectivity index (χ2n) is 4.96. The van der Waals surface area contributed by atoms with Crippen molar-refractivity contribution < 1.29 is 5.11 Å². The molecule has 0 aliphatic heterocycles. The third kappa shape index (κ3) is 1.17. The molecule has 0 spiro atoms. The molecule has 0 amide bonds. The first-order valence-electron chi connectivity index (χ1n) is 5.92. The summed E-state index contributed by atoms with van der Waals surface area (Å²) in [6.07, 6.45) is 5.57. The molecule has 0 atom stereocenters. The molecule has 84 valence electrons. The van der Waals surface area contributed by atoms with Crippen molar-refractivity contribution in [1.82, 2.24) is 4.57 Å². The maximum absolute atomic E-state index is 9.67. The fourth-order valence-corrected chi connectivity index (χ4v) is 2.90. The van der Waals surface area contributed by atoms with E-state index in [-0.39, 0.29) is 12.0 Å². The van der Waals surface area contributed by atoms with Gasteiger partial charge in [0.05, 0.1) is 12.1 Å². The molecule has 2 aromatic rings. The van der Waals surface area contributed by atoms with Crippen LogP contribution in [0, 0.1) is 0 Å². The van der Waals surface area contributed by atoms with Crippen LogP contribution in [0.4, 0.5) is 0 Å². The monoisotopic (exact) mass is 215 g/mol. The van der Waals surface area contributed by atoms with Gasteiger partial charge in [-0.1, -0.05) is 24.6 Å². The van der Waals surface area contributed by atoms with Crippen LogP contribution in [0.3, 0.4) is 0 Å². The van der Waals surface area contributed by atoms with Crippen molar-refractivity contribution in [2.24, 2.45) is 7.05 Å². The number of aryl methyl sites for hydroxylation is 1. The van der Waals surface area contributed by atoms with E-state index in [0.717, 1.165) is 12.8 Å². The zero-order valence-corrected chi connectivity index (χ0v) is 9.61. The second-order valence-corrected chi connectivity index (χ2v) is 4.96. The minimum absolute atomic E-state index is 0.0334. The van der Waals surface area contributed by atoms with Gasteiger partial charge in [0.15, 0.2) is 0 Å². The van der Waals surface area contributed by atoms with Gasteiger partial charge in [-0.05, 0) is 29.9 Å². The van der Waals surface area contributed by atoms with Gasteiger partial charge in [0.25, 0.3) is 0 Å². The van der Waals surface area contributed by atoms with Gasteiger partial charge >= 0.3 is 0 Å². The number of aliphatic hydroxyl groups excluding tert-OH is 1. The van der Waals surface area contributed by atoms with E-state index >= 15 is 0 Å². The fraction of sp³-hybridized carbons (Fsp3) is 0.429. The Morgan fingerprint density at radius 2 is 2.12 bits per heavy atom. The van der Waals surface area contributed by atoms with E-state index in [0.29, 0.717) is 0 Å². The molecular formula is C14H17NO. The summed E-state index contributed by atoms with van der Waals surface area (Å²) in [5.74, 6) is 0. The van der Waals surface area contributed by atoms with Gasteiger partial charge < -0.3 is 9.67 Å². The van der Waals surface area contributed by atoms with Gasteiger partial charge in [0.2, 0.25) is 0 Å². The lowest BCUT2D eigenvalue weighted by molar-refractivity contribution is 0.121. The fourth-order valence-electron chi connectivity index (χ4n) is 2.90. The maximum Gasteiger partial charge on any atom is 0.0528 e. The van der Waals surface area contributed by atoms with Crippen molar-refractivity contribution in [1.29, 1.82) is 0 Å². The predicted molar refractivity (Wildman–Crippen MR) is 65.5 cm³/mol. The van der Waals surface area contributed by atoms with Crippen molar-refractivity contribution in [2.75, 3.05) is 6.61 Å². The molecule has 0 bridgehead atoms. The molecule has 0 saturated heterocycles. The Morgan fingerprint density at radius 1 is 1.31 bits per heavy atom. The number of rotatable bonds is 2. The van der Waals surface area contributed by atoms with Crippen molar-refractivity contribution in [3.8, 4) is 0 Å². The quantitative estimate of drug-likeness (QED) is 0.818. The first-order chi connectivity index (χ1) is 7.77. The summed E-state index contributed by atoms with van der Waals surface area (Å²) in [5.41, 5.74) is 2.65. The average Bonchev–Trinajstić information content (AvgIpc) is 2.61. The van der Waals surface area contributed by atoms with Gasteiger partial charge in [0.1, 0.15) is 0 Å². The molecule has 1 N–H and O–H groups in total. The Morgan fingerprint density at radius 3 is 2.75 bits per heavy atom. The Bertz CT molecular complexity index is 517. The Kier molecular flexibility index (Phi) is 2.08. The molecule has 3 rings (SSSR count). The number of hydrogen-bond acceptors (Lipinski definition) is 1. The highest BCUT2D eigenvalue weighted by Crippen LogP contribution is 2.45. The van der Waals surface area contributed by atoms with Gasteiger partial charge in [-0.2, -0.15) is 0 Å². The summed E-state index contributed by atoms with van der Waals surface area (Å²) >= 11 is 0. The van der Waals surface area contributed by atoms with Crippen LogP contribution in [0.25, 0.3) is 10.9 Å². The molecule has 1 heterocycles. The van der Waals surface area contributed by atoms with E-state index in [9.17, 15) is 5.11 Å². The molecule has 0 radical (unpaired) electrons. The molecule has 1 saturated carbocycles. The van der Waals surface area contributed by atoms with E-state index in [1.165, 1.54) is 22.9 Å². The number of para-hydroxylation sites is 1. The van der Waals surface area contributed by atoms with E-state index < -0.39 is 0 Å². The molecule has 1 aliphatic carbocycles. The maximum atomic E-state index is 9.67. The van der Waals surface area contributed by atoms with Crippen molar-refractivity contribution >= 4 is 10.9 Å². The highest BCUT2D eigenvalue weighted by molar-refractivity contribution is 5.84. The SMILES string of the molecule is Cn1ccc2cccc(C3(CO)CCC3)c21. The molecule has 16 heavy (non-hydrogen) atoms. The predicted octanol–water partition coefficient (Wildman–Crippen LogP) is 2.59. The summed E-state index contributed by atoms with van der Waals surface area (Å²) in [6.45, 7) is 0.275. The van der Waals surface area contributed by atoms with Crippen LogP contribution in [0.5, 0.6) is 0 Å². The van der Waals surface area contributed by atoms with Crippen molar-refractivity contribution in [3.63, 3.8) is 0 Å². The summed E-state index contributed by atoms with van der Waals surface area (Å²) in [6, 6.07) is 8.57. The summed E-state index contributed by atoms with van der Waals surface area (Å²) in [4.78, 5) is 0. The van der Waals surface area contributed by atoms with Gasteiger partial charge in [-0.15, -0.1) is 0 Å². The zero-order valence-electron chi connectivity index (χ0n) is 9.61. The molecular weight excluding hydrogens is 198 g/mol. The third-order valence-corrected chi connectivity index (χ3v) is 4.08. The lowest BCUT2D eigenvalue weighted by atomic mass is 9.64. The minimum atomic E-state index is 0.0334.